The number of ether oxygens (including phenoxy) is 1. The number of H-pyrrole nitrogens is 1. The molecule has 6 nitrogen and oxygen atoms in total. The van der Waals surface area contributed by atoms with Crippen LogP contribution in [0.4, 0.5) is 5.69 Å². The van der Waals surface area contributed by atoms with Crippen LogP contribution >= 0.6 is 11.6 Å². The second kappa shape index (κ2) is 8.17. The van der Waals surface area contributed by atoms with Gasteiger partial charge in [0.2, 0.25) is 11.8 Å². The fraction of sp³-hybridized carbons (Fsp3) is 0.273. The molecule has 2 amide bonds. The first kappa shape index (κ1) is 19.3. The van der Waals surface area contributed by atoms with Crippen LogP contribution in [0.3, 0.4) is 0 Å². The van der Waals surface area contributed by atoms with Crippen LogP contribution < -0.4 is 15.0 Å². The molecule has 0 spiro atoms. The molecule has 0 bridgehead atoms. The normalized spacial score (nSPS) is 16.4. The summed E-state index contributed by atoms with van der Waals surface area (Å²) in [6.45, 7) is 0.878. The molecule has 0 radical (unpaired) electrons. The highest BCUT2D eigenvalue weighted by atomic mass is 35.5. The number of methoxy groups -OCH3 is 1. The highest BCUT2D eigenvalue weighted by Crippen LogP contribution is 2.28. The van der Waals surface area contributed by atoms with Crippen molar-refractivity contribution in [3.8, 4) is 5.75 Å². The summed E-state index contributed by atoms with van der Waals surface area (Å²) >= 11 is 6.09. The fourth-order valence-corrected chi connectivity index (χ4v) is 3.91. The SMILES string of the molecule is COc1cccc(N2C[C@@H](C(=O)NCCc3c[nH]c4ccc(Cl)cc34)CC2=O)c1. The maximum atomic E-state index is 12.6. The first-order chi connectivity index (χ1) is 14.0. The molecule has 4 rings (SSSR count). The molecule has 1 aliphatic heterocycles. The third kappa shape index (κ3) is 4.07. The monoisotopic (exact) mass is 411 g/mol. The van der Waals surface area contributed by atoms with E-state index in [4.69, 9.17) is 16.3 Å². The van der Waals surface area contributed by atoms with Gasteiger partial charge >= 0.3 is 0 Å². The summed E-state index contributed by atoms with van der Waals surface area (Å²) in [5, 5.41) is 4.71. The van der Waals surface area contributed by atoms with Gasteiger partial charge in [-0.1, -0.05) is 17.7 Å². The number of carbonyl (C=O) groups is 2. The molecule has 2 heterocycles. The number of rotatable bonds is 6. The molecule has 29 heavy (non-hydrogen) atoms. The maximum Gasteiger partial charge on any atom is 0.227 e. The number of amides is 2. The van der Waals surface area contributed by atoms with Crippen molar-refractivity contribution in [1.29, 1.82) is 0 Å². The molecule has 1 fully saturated rings. The predicted molar refractivity (Wildman–Crippen MR) is 113 cm³/mol. The summed E-state index contributed by atoms with van der Waals surface area (Å²) in [6, 6.07) is 13.0. The molecule has 1 aliphatic rings. The molecule has 1 aromatic heterocycles. The van der Waals surface area contributed by atoms with Crippen LogP contribution in [0.5, 0.6) is 5.75 Å². The quantitative estimate of drug-likeness (QED) is 0.651. The third-order valence-electron chi connectivity index (χ3n) is 5.28. The molecule has 0 unspecified atom stereocenters. The molecular weight excluding hydrogens is 390 g/mol. The van der Waals surface area contributed by atoms with Crippen LogP contribution in [-0.4, -0.2) is 37.0 Å². The molecule has 2 N–H and O–H groups in total. The van der Waals surface area contributed by atoms with Crippen molar-refractivity contribution in [1.82, 2.24) is 10.3 Å². The number of hydrogen-bond acceptors (Lipinski definition) is 3. The summed E-state index contributed by atoms with van der Waals surface area (Å²) in [4.78, 5) is 29.9. The first-order valence-electron chi connectivity index (χ1n) is 9.53. The van der Waals surface area contributed by atoms with Crippen LogP contribution in [0.25, 0.3) is 10.9 Å². The number of anilines is 1. The van der Waals surface area contributed by atoms with Crippen molar-refractivity contribution in [2.75, 3.05) is 25.1 Å². The van der Waals surface area contributed by atoms with Crippen molar-refractivity contribution >= 4 is 40.0 Å². The summed E-state index contributed by atoms with van der Waals surface area (Å²) in [5.41, 5.74) is 2.87. The average molecular weight is 412 g/mol. The van der Waals surface area contributed by atoms with Gasteiger partial charge in [0, 0.05) is 53.4 Å². The van der Waals surface area contributed by atoms with E-state index in [9.17, 15) is 9.59 Å². The number of nitrogens with one attached hydrogen (secondary N) is 2. The highest BCUT2D eigenvalue weighted by Gasteiger charge is 2.35. The Bertz CT molecular complexity index is 1060. The molecule has 0 aliphatic carbocycles. The Morgan fingerprint density at radius 2 is 2.17 bits per heavy atom. The number of benzene rings is 2. The van der Waals surface area contributed by atoms with Crippen molar-refractivity contribution in [3.05, 3.63) is 59.2 Å². The van der Waals surface area contributed by atoms with E-state index < -0.39 is 0 Å². The van der Waals surface area contributed by atoms with E-state index in [2.05, 4.69) is 10.3 Å². The average Bonchev–Trinajstić information content (AvgIpc) is 3.31. The van der Waals surface area contributed by atoms with Gasteiger partial charge in [0.25, 0.3) is 0 Å². The lowest BCUT2D eigenvalue weighted by Gasteiger charge is -2.17. The molecule has 3 aromatic rings. The number of nitrogens with zero attached hydrogens (tertiary/aromatic N) is 1. The minimum absolute atomic E-state index is 0.0512. The number of aromatic amines is 1. The van der Waals surface area contributed by atoms with Gasteiger partial charge in [-0.15, -0.1) is 0 Å². The molecule has 1 saturated heterocycles. The molecule has 1 atom stereocenters. The second-order valence-corrected chi connectivity index (χ2v) is 7.59. The van der Waals surface area contributed by atoms with Crippen LogP contribution in [0.2, 0.25) is 5.02 Å². The van der Waals surface area contributed by atoms with Gasteiger partial charge < -0.3 is 19.9 Å². The second-order valence-electron chi connectivity index (χ2n) is 7.15. The maximum absolute atomic E-state index is 12.6. The van der Waals surface area contributed by atoms with Gasteiger partial charge in [-0.3, -0.25) is 9.59 Å². The van der Waals surface area contributed by atoms with Crippen LogP contribution in [0.15, 0.2) is 48.7 Å². The molecule has 150 valence electrons. The Morgan fingerprint density at radius 3 is 3.00 bits per heavy atom. The number of halogens is 1. The zero-order chi connectivity index (χ0) is 20.4. The molecular formula is C22H22ClN3O3. The van der Waals surface area contributed by atoms with Gasteiger partial charge in [-0.25, -0.2) is 0 Å². The lowest BCUT2D eigenvalue weighted by Crippen LogP contribution is -2.34. The molecule has 2 aromatic carbocycles. The molecule has 7 heteroatoms. The largest absolute Gasteiger partial charge is 0.497 e. The lowest BCUT2D eigenvalue weighted by atomic mass is 10.1. The van der Waals surface area contributed by atoms with E-state index in [0.29, 0.717) is 30.3 Å². The van der Waals surface area contributed by atoms with Crippen molar-refractivity contribution in [2.45, 2.75) is 12.8 Å². The fourth-order valence-electron chi connectivity index (χ4n) is 3.73. The minimum atomic E-state index is -0.355. The van der Waals surface area contributed by atoms with Gasteiger partial charge in [0.1, 0.15) is 5.75 Å². The summed E-state index contributed by atoms with van der Waals surface area (Å²) in [5.74, 6) is 0.180. The van der Waals surface area contributed by atoms with Crippen molar-refractivity contribution in [3.63, 3.8) is 0 Å². The van der Waals surface area contributed by atoms with Gasteiger partial charge in [-0.05, 0) is 42.3 Å². The zero-order valence-electron chi connectivity index (χ0n) is 16.1. The van der Waals surface area contributed by atoms with Gasteiger partial charge in [0.05, 0.1) is 13.0 Å². The van der Waals surface area contributed by atoms with E-state index in [-0.39, 0.29) is 24.2 Å². The van der Waals surface area contributed by atoms with Crippen molar-refractivity contribution < 1.29 is 14.3 Å². The Kier molecular flexibility index (Phi) is 5.45. The Morgan fingerprint density at radius 1 is 1.31 bits per heavy atom. The Labute approximate surface area is 173 Å². The van der Waals surface area contributed by atoms with E-state index in [1.165, 1.54) is 0 Å². The smallest absolute Gasteiger partial charge is 0.227 e. The minimum Gasteiger partial charge on any atom is -0.497 e. The number of hydrogen-bond donors (Lipinski definition) is 2. The predicted octanol–water partition coefficient (Wildman–Crippen LogP) is 3.54. The van der Waals surface area contributed by atoms with Gasteiger partial charge in [0.15, 0.2) is 0 Å². The zero-order valence-corrected chi connectivity index (χ0v) is 16.8. The van der Waals surface area contributed by atoms with Crippen LogP contribution in [-0.2, 0) is 16.0 Å². The van der Waals surface area contributed by atoms with Crippen LogP contribution in [0.1, 0.15) is 12.0 Å². The lowest BCUT2D eigenvalue weighted by molar-refractivity contribution is -0.126. The standard InChI is InChI=1S/C22H22ClN3O3/c1-29-18-4-2-3-17(11-18)26-13-15(9-21(26)27)22(28)24-8-7-14-12-25-20-6-5-16(23)10-19(14)20/h2-6,10-12,15,25H,7-9,13H2,1H3,(H,24,28)/t15-/m0/s1. The van der Waals surface area contributed by atoms with E-state index in [1.54, 1.807) is 18.1 Å². The number of carbonyl (C=O) groups excluding carboxylic acids is 2. The van der Waals surface area contributed by atoms with Gasteiger partial charge in [-0.2, -0.15) is 0 Å². The van der Waals surface area contributed by atoms with Crippen molar-refractivity contribution in [2.24, 2.45) is 5.92 Å². The third-order valence-corrected chi connectivity index (χ3v) is 5.52. The first-order valence-corrected chi connectivity index (χ1v) is 9.90. The summed E-state index contributed by atoms with van der Waals surface area (Å²) in [6.07, 6.45) is 2.84. The topological polar surface area (TPSA) is 74.4 Å². The number of fused-ring (bicyclic) bond motifs is 1. The van der Waals surface area contributed by atoms with E-state index in [0.717, 1.165) is 22.2 Å². The van der Waals surface area contributed by atoms with Crippen LogP contribution in [0, 0.1) is 5.92 Å². The summed E-state index contributed by atoms with van der Waals surface area (Å²) in [7, 11) is 1.59. The summed E-state index contributed by atoms with van der Waals surface area (Å²) < 4.78 is 5.22. The number of aromatic nitrogens is 1. The van der Waals surface area contributed by atoms with E-state index >= 15 is 0 Å². The molecule has 0 saturated carbocycles. The Hall–Kier alpha value is -2.99. The Balaban J connectivity index is 1.35. The highest BCUT2D eigenvalue weighted by molar-refractivity contribution is 6.31. The van der Waals surface area contributed by atoms with E-state index in [1.807, 2.05) is 42.6 Å².